The van der Waals surface area contributed by atoms with Crippen LogP contribution in [0.2, 0.25) is 0 Å². The maximum absolute atomic E-state index is 12.7. The number of benzene rings is 1. The van der Waals surface area contributed by atoms with Crippen LogP contribution in [0.4, 0.5) is 5.13 Å². The summed E-state index contributed by atoms with van der Waals surface area (Å²) < 4.78 is 2.15. The summed E-state index contributed by atoms with van der Waals surface area (Å²) in [6.07, 6.45) is 6.18. The van der Waals surface area contributed by atoms with Crippen LogP contribution in [0.3, 0.4) is 0 Å². The summed E-state index contributed by atoms with van der Waals surface area (Å²) in [7, 11) is 0. The Morgan fingerprint density at radius 2 is 2.29 bits per heavy atom. The Kier molecular flexibility index (Phi) is 3.86. The lowest BCUT2D eigenvalue weighted by atomic mass is 10.1. The molecule has 0 saturated heterocycles. The molecule has 0 radical (unpaired) electrons. The van der Waals surface area contributed by atoms with Crippen molar-refractivity contribution in [3.05, 3.63) is 46.6 Å². The van der Waals surface area contributed by atoms with Crippen molar-refractivity contribution in [1.82, 2.24) is 9.55 Å². The summed E-state index contributed by atoms with van der Waals surface area (Å²) in [6, 6.07) is 5.77. The summed E-state index contributed by atoms with van der Waals surface area (Å²) >= 11 is 1.47. The molecule has 1 fully saturated rings. The zero-order valence-electron chi connectivity index (χ0n) is 13.5. The number of aryl methyl sites for hydroxylation is 1. The molecule has 0 spiro atoms. The van der Waals surface area contributed by atoms with E-state index in [2.05, 4.69) is 14.9 Å². The van der Waals surface area contributed by atoms with E-state index in [-0.39, 0.29) is 12.5 Å². The standard InChI is InChI=1S/C18H19N3O2S/c1-11-7-19-18(24-11)20-17(23)15-9-21(8-12-2-3-12)16-6-13(10-22)4-5-14(15)16/h4-7,9,12,22H,2-3,8,10H2,1H3,(H,19,20,23). The number of hydrogen-bond acceptors (Lipinski definition) is 4. The van der Waals surface area contributed by atoms with Crippen LogP contribution in [0.1, 0.15) is 33.6 Å². The van der Waals surface area contributed by atoms with Crippen molar-refractivity contribution >= 4 is 33.3 Å². The fourth-order valence-electron chi connectivity index (χ4n) is 2.92. The van der Waals surface area contributed by atoms with Crippen LogP contribution in [0.5, 0.6) is 0 Å². The van der Waals surface area contributed by atoms with Gasteiger partial charge in [0.2, 0.25) is 0 Å². The van der Waals surface area contributed by atoms with Gasteiger partial charge in [-0.1, -0.05) is 12.1 Å². The normalized spacial score (nSPS) is 14.2. The number of aliphatic hydroxyl groups is 1. The molecule has 4 rings (SSSR count). The third-order valence-electron chi connectivity index (χ3n) is 4.37. The molecule has 1 saturated carbocycles. The molecule has 0 atom stereocenters. The summed E-state index contributed by atoms with van der Waals surface area (Å²) in [6.45, 7) is 2.89. The molecule has 2 aromatic heterocycles. The van der Waals surface area contributed by atoms with Gasteiger partial charge in [-0.05, 0) is 37.3 Å². The van der Waals surface area contributed by atoms with Gasteiger partial charge in [-0.3, -0.25) is 10.1 Å². The molecule has 2 heterocycles. The highest BCUT2D eigenvalue weighted by Gasteiger charge is 2.24. The lowest BCUT2D eigenvalue weighted by Crippen LogP contribution is -2.11. The number of hydrogen-bond donors (Lipinski definition) is 2. The van der Waals surface area contributed by atoms with Crippen molar-refractivity contribution in [2.45, 2.75) is 32.9 Å². The molecular formula is C18H19N3O2S. The summed E-state index contributed by atoms with van der Waals surface area (Å²) in [5.74, 6) is 0.566. The number of amides is 1. The molecule has 0 unspecified atom stereocenters. The van der Waals surface area contributed by atoms with Gasteiger partial charge < -0.3 is 9.67 Å². The number of aromatic nitrogens is 2. The maximum Gasteiger partial charge on any atom is 0.259 e. The second-order valence-electron chi connectivity index (χ2n) is 6.38. The quantitative estimate of drug-likeness (QED) is 0.745. The average molecular weight is 341 g/mol. The minimum Gasteiger partial charge on any atom is -0.392 e. The van der Waals surface area contributed by atoms with Crippen molar-refractivity contribution in [1.29, 1.82) is 0 Å². The molecule has 1 amide bonds. The Hall–Kier alpha value is -2.18. The van der Waals surface area contributed by atoms with Crippen LogP contribution in [0, 0.1) is 12.8 Å². The topological polar surface area (TPSA) is 67.2 Å². The number of thiazole rings is 1. The lowest BCUT2D eigenvalue weighted by molar-refractivity contribution is 0.102. The molecule has 1 aromatic carbocycles. The van der Waals surface area contributed by atoms with Crippen LogP contribution in [-0.4, -0.2) is 20.6 Å². The van der Waals surface area contributed by atoms with Gasteiger partial charge in [-0.25, -0.2) is 4.98 Å². The van der Waals surface area contributed by atoms with E-state index in [0.29, 0.717) is 16.6 Å². The smallest absolute Gasteiger partial charge is 0.259 e. The number of aliphatic hydroxyl groups excluding tert-OH is 1. The van der Waals surface area contributed by atoms with Crippen LogP contribution in [0.25, 0.3) is 10.9 Å². The highest BCUT2D eigenvalue weighted by Crippen LogP contribution is 2.33. The van der Waals surface area contributed by atoms with E-state index in [1.54, 1.807) is 6.20 Å². The van der Waals surface area contributed by atoms with Gasteiger partial charge in [0, 0.05) is 34.7 Å². The van der Waals surface area contributed by atoms with Crippen LogP contribution in [0.15, 0.2) is 30.6 Å². The van der Waals surface area contributed by atoms with Gasteiger partial charge in [0.15, 0.2) is 5.13 Å². The van der Waals surface area contributed by atoms with E-state index < -0.39 is 0 Å². The number of nitrogens with zero attached hydrogens (tertiary/aromatic N) is 2. The monoisotopic (exact) mass is 341 g/mol. The SMILES string of the molecule is Cc1cnc(NC(=O)c2cn(CC3CC3)c3cc(CO)ccc23)s1. The van der Waals surface area contributed by atoms with E-state index in [1.807, 2.05) is 31.3 Å². The summed E-state index contributed by atoms with van der Waals surface area (Å²) in [5.41, 5.74) is 2.53. The van der Waals surface area contributed by atoms with E-state index in [0.717, 1.165) is 27.9 Å². The van der Waals surface area contributed by atoms with E-state index >= 15 is 0 Å². The van der Waals surface area contributed by atoms with E-state index in [9.17, 15) is 9.90 Å². The second-order valence-corrected chi connectivity index (χ2v) is 7.61. The van der Waals surface area contributed by atoms with Crippen molar-refractivity contribution < 1.29 is 9.90 Å². The van der Waals surface area contributed by atoms with E-state index in [4.69, 9.17) is 0 Å². The minimum absolute atomic E-state index is 0.00444. The molecular weight excluding hydrogens is 322 g/mol. The number of rotatable bonds is 5. The molecule has 0 bridgehead atoms. The zero-order chi connectivity index (χ0) is 16.7. The first-order chi connectivity index (χ1) is 11.6. The largest absolute Gasteiger partial charge is 0.392 e. The van der Waals surface area contributed by atoms with Crippen molar-refractivity contribution in [3.8, 4) is 0 Å². The molecule has 124 valence electrons. The van der Waals surface area contributed by atoms with Gasteiger partial charge in [-0.15, -0.1) is 11.3 Å². The van der Waals surface area contributed by atoms with Crippen molar-refractivity contribution in [2.24, 2.45) is 5.92 Å². The lowest BCUT2D eigenvalue weighted by Gasteiger charge is -2.04. The molecule has 6 heteroatoms. The molecule has 2 N–H and O–H groups in total. The first-order valence-electron chi connectivity index (χ1n) is 8.10. The predicted octanol–water partition coefficient (Wildman–Crippen LogP) is 3.56. The number of anilines is 1. The first kappa shape index (κ1) is 15.4. The number of fused-ring (bicyclic) bond motifs is 1. The molecule has 1 aliphatic rings. The van der Waals surface area contributed by atoms with Gasteiger partial charge in [0.1, 0.15) is 0 Å². The third-order valence-corrected chi connectivity index (χ3v) is 5.20. The van der Waals surface area contributed by atoms with Gasteiger partial charge in [0.05, 0.1) is 12.2 Å². The highest BCUT2D eigenvalue weighted by molar-refractivity contribution is 7.15. The Bertz CT molecular complexity index is 908. The minimum atomic E-state index is -0.138. The van der Waals surface area contributed by atoms with Gasteiger partial charge in [0.25, 0.3) is 5.91 Å². The molecule has 5 nitrogen and oxygen atoms in total. The van der Waals surface area contributed by atoms with Crippen LogP contribution in [-0.2, 0) is 13.2 Å². The Morgan fingerprint density at radius 3 is 2.96 bits per heavy atom. The second kappa shape index (κ2) is 6.03. The van der Waals surface area contributed by atoms with Crippen LogP contribution < -0.4 is 5.32 Å². The molecule has 1 aliphatic carbocycles. The molecule has 0 aliphatic heterocycles. The van der Waals surface area contributed by atoms with E-state index in [1.165, 1.54) is 24.2 Å². The molecule has 24 heavy (non-hydrogen) atoms. The summed E-state index contributed by atoms with van der Waals surface area (Å²) in [4.78, 5) is 18.0. The predicted molar refractivity (Wildman–Crippen MR) is 95.4 cm³/mol. The van der Waals surface area contributed by atoms with Crippen LogP contribution >= 0.6 is 11.3 Å². The Morgan fingerprint density at radius 1 is 1.46 bits per heavy atom. The molecule has 3 aromatic rings. The van der Waals surface area contributed by atoms with Gasteiger partial charge >= 0.3 is 0 Å². The highest BCUT2D eigenvalue weighted by atomic mass is 32.1. The maximum atomic E-state index is 12.7. The fourth-order valence-corrected chi connectivity index (χ4v) is 3.58. The number of carbonyl (C=O) groups is 1. The van der Waals surface area contributed by atoms with Crippen molar-refractivity contribution in [2.75, 3.05) is 5.32 Å². The average Bonchev–Trinajstić information content (AvgIpc) is 3.20. The third kappa shape index (κ3) is 2.95. The number of nitrogens with one attached hydrogen (secondary N) is 1. The van der Waals surface area contributed by atoms with Gasteiger partial charge in [-0.2, -0.15) is 0 Å². The fraction of sp³-hybridized carbons (Fsp3) is 0.333. The summed E-state index contributed by atoms with van der Waals surface area (Å²) in [5, 5.41) is 13.8. The van der Waals surface area contributed by atoms with Crippen molar-refractivity contribution in [3.63, 3.8) is 0 Å². The first-order valence-corrected chi connectivity index (χ1v) is 8.92. The zero-order valence-corrected chi connectivity index (χ0v) is 14.3. The number of carbonyl (C=O) groups excluding carboxylic acids is 1. The Balaban J connectivity index is 1.72. The Labute approximate surface area is 144 Å².